The molecule has 3 aliphatic rings. The molecule has 2 aromatic rings. The van der Waals surface area contributed by atoms with Crippen LogP contribution in [0.15, 0.2) is 12.3 Å². The Morgan fingerprint density at radius 3 is 2.22 bits per heavy atom. The Kier molecular flexibility index (Phi) is 7.77. The first kappa shape index (κ1) is 29.6. The van der Waals surface area contributed by atoms with Crippen LogP contribution in [0.5, 0.6) is 0 Å². The number of carbonyl (C=O) groups is 2. The van der Waals surface area contributed by atoms with Crippen LogP contribution < -0.4 is 10.6 Å². The number of hydrogen-bond acceptors (Lipinski definition) is 7. The minimum absolute atomic E-state index is 0.00414. The molecule has 2 amide bonds. The van der Waals surface area contributed by atoms with Gasteiger partial charge in [-0.05, 0) is 71.3 Å². The zero-order chi connectivity index (χ0) is 29.9. The van der Waals surface area contributed by atoms with Gasteiger partial charge in [0.1, 0.15) is 17.6 Å². The molecule has 3 N–H and O–H groups in total. The van der Waals surface area contributed by atoms with Crippen LogP contribution in [-0.2, 0) is 0 Å². The van der Waals surface area contributed by atoms with Gasteiger partial charge in [-0.3, -0.25) is 9.59 Å². The highest BCUT2D eigenvalue weighted by atomic mass is 32.1. The number of nitrogens with zero attached hydrogens (tertiary/aromatic N) is 3. The Bertz CT molecular complexity index is 1300. The molecule has 3 fully saturated rings. The van der Waals surface area contributed by atoms with Crippen molar-refractivity contribution >= 4 is 29.0 Å². The second-order valence-electron chi connectivity index (χ2n) is 11.7. The van der Waals surface area contributed by atoms with Crippen LogP contribution in [0.3, 0.4) is 0 Å². The number of halogens is 5. The minimum Gasteiger partial charge on any atom is -0.388 e. The number of rotatable bonds is 9. The Labute approximate surface area is 237 Å². The molecule has 2 bridgehead atoms. The number of thiazole rings is 1. The number of pyridine rings is 1. The fourth-order valence-electron chi connectivity index (χ4n) is 5.52. The van der Waals surface area contributed by atoms with Crippen LogP contribution in [0.2, 0.25) is 0 Å². The van der Waals surface area contributed by atoms with Gasteiger partial charge in [-0.2, -0.15) is 13.2 Å². The molecular weight excluding hydrogens is 569 g/mol. The van der Waals surface area contributed by atoms with E-state index in [9.17, 15) is 36.6 Å². The van der Waals surface area contributed by atoms with Gasteiger partial charge in [-0.15, -0.1) is 11.3 Å². The molecule has 5 rings (SSSR count). The summed E-state index contributed by atoms with van der Waals surface area (Å²) in [6.45, 7) is 4.60. The van der Waals surface area contributed by atoms with E-state index in [-0.39, 0.29) is 39.0 Å². The van der Waals surface area contributed by atoms with Crippen molar-refractivity contribution in [3.05, 3.63) is 28.5 Å². The number of nitrogens with one attached hydrogen (secondary N) is 2. The summed E-state index contributed by atoms with van der Waals surface area (Å²) in [5, 5.41) is 15.0. The molecular formula is C27H32F5N5O3S. The molecule has 2 saturated heterocycles. The summed E-state index contributed by atoms with van der Waals surface area (Å²) in [7, 11) is 0. The third-order valence-corrected chi connectivity index (χ3v) is 9.37. The maximum atomic E-state index is 14.4. The van der Waals surface area contributed by atoms with Gasteiger partial charge in [0.05, 0.1) is 16.5 Å². The van der Waals surface area contributed by atoms with Crippen molar-refractivity contribution in [1.29, 1.82) is 0 Å². The second kappa shape index (κ2) is 10.8. The first-order valence-corrected chi connectivity index (χ1v) is 14.4. The Balaban J connectivity index is 1.54. The summed E-state index contributed by atoms with van der Waals surface area (Å²) in [6.07, 6.45) is -2.67. The average molecular weight is 602 g/mol. The van der Waals surface area contributed by atoms with Crippen molar-refractivity contribution in [2.75, 3.05) is 5.32 Å². The standard InChI is InChI=1S/C27H32F5N5O3S/c1-12(26(2,3)40)34-23(38)24-36-19(25(39)37-14-6-7-15(37)9-8-14)20(41-24)17-11-33-18(10-16(17)22(28)29)35-21(13-4-5-13)27(30,31)32/h10-15,21-22,40H,4-9H2,1-3H3,(H,33,35)(H,34,38)/t12-,14?,15?,21?/m0/s1. The van der Waals surface area contributed by atoms with E-state index < -0.39 is 53.6 Å². The normalized spacial score (nSPS) is 22.2. The zero-order valence-corrected chi connectivity index (χ0v) is 23.6. The highest BCUT2D eigenvalue weighted by Crippen LogP contribution is 2.44. The summed E-state index contributed by atoms with van der Waals surface area (Å²) in [5.74, 6) is -2.19. The number of anilines is 1. The van der Waals surface area contributed by atoms with Gasteiger partial charge in [0.25, 0.3) is 18.2 Å². The number of carbonyl (C=O) groups excluding carboxylic acids is 2. The van der Waals surface area contributed by atoms with Crippen molar-refractivity contribution in [3.63, 3.8) is 0 Å². The molecule has 14 heteroatoms. The Hall–Kier alpha value is -2.87. The number of aliphatic hydroxyl groups is 1. The smallest absolute Gasteiger partial charge is 0.388 e. The first-order chi connectivity index (χ1) is 19.1. The van der Waals surface area contributed by atoms with Crippen molar-refractivity contribution in [1.82, 2.24) is 20.2 Å². The summed E-state index contributed by atoms with van der Waals surface area (Å²) in [5.41, 5.74) is -2.25. The predicted octanol–water partition coefficient (Wildman–Crippen LogP) is 5.55. The fraction of sp³-hybridized carbons (Fsp3) is 0.630. The van der Waals surface area contributed by atoms with Crippen LogP contribution in [0.25, 0.3) is 10.4 Å². The van der Waals surface area contributed by atoms with Crippen LogP contribution in [0, 0.1) is 5.92 Å². The molecule has 1 saturated carbocycles. The summed E-state index contributed by atoms with van der Waals surface area (Å²) >= 11 is 0.728. The van der Waals surface area contributed by atoms with Crippen molar-refractivity contribution in [2.45, 2.75) is 102 Å². The lowest BCUT2D eigenvalue weighted by Crippen LogP contribution is -2.47. The van der Waals surface area contributed by atoms with E-state index in [4.69, 9.17) is 0 Å². The molecule has 4 heterocycles. The van der Waals surface area contributed by atoms with Gasteiger partial charge in [0, 0.05) is 29.4 Å². The van der Waals surface area contributed by atoms with E-state index in [0.717, 1.165) is 49.3 Å². The number of alkyl halides is 5. The highest BCUT2D eigenvalue weighted by molar-refractivity contribution is 7.17. The molecule has 8 nitrogen and oxygen atoms in total. The summed E-state index contributed by atoms with van der Waals surface area (Å²) in [4.78, 5) is 36.8. The fourth-order valence-corrected chi connectivity index (χ4v) is 6.51. The lowest BCUT2D eigenvalue weighted by molar-refractivity contribution is -0.146. The van der Waals surface area contributed by atoms with E-state index in [1.54, 1.807) is 11.8 Å². The van der Waals surface area contributed by atoms with E-state index in [0.29, 0.717) is 12.8 Å². The van der Waals surface area contributed by atoms with Gasteiger partial charge in [0.15, 0.2) is 5.01 Å². The number of hydrogen-bond donors (Lipinski definition) is 3. The molecule has 1 aliphatic carbocycles. The molecule has 0 spiro atoms. The topological polar surface area (TPSA) is 107 Å². The Morgan fingerprint density at radius 1 is 1.10 bits per heavy atom. The van der Waals surface area contributed by atoms with E-state index in [1.807, 2.05) is 0 Å². The van der Waals surface area contributed by atoms with E-state index in [1.165, 1.54) is 13.8 Å². The van der Waals surface area contributed by atoms with Gasteiger partial charge < -0.3 is 20.6 Å². The second-order valence-corrected chi connectivity index (χ2v) is 12.7. The van der Waals surface area contributed by atoms with Crippen molar-refractivity contribution < 1.29 is 36.6 Å². The largest absolute Gasteiger partial charge is 0.408 e. The number of aromatic nitrogens is 2. The third-order valence-electron chi connectivity index (χ3n) is 8.28. The molecule has 2 aliphatic heterocycles. The van der Waals surface area contributed by atoms with Gasteiger partial charge >= 0.3 is 6.18 Å². The molecule has 2 aromatic heterocycles. The minimum atomic E-state index is -4.58. The van der Waals surface area contributed by atoms with Crippen molar-refractivity contribution in [2.24, 2.45) is 5.92 Å². The van der Waals surface area contributed by atoms with Gasteiger partial charge in [-0.1, -0.05) is 0 Å². The molecule has 224 valence electrons. The number of amides is 2. The molecule has 0 radical (unpaired) electrons. The van der Waals surface area contributed by atoms with E-state index >= 15 is 0 Å². The summed E-state index contributed by atoms with van der Waals surface area (Å²) in [6, 6.07) is -1.76. The molecule has 0 aromatic carbocycles. The van der Waals surface area contributed by atoms with Crippen molar-refractivity contribution in [3.8, 4) is 10.4 Å². The highest BCUT2D eigenvalue weighted by Gasteiger charge is 2.49. The van der Waals surface area contributed by atoms with E-state index in [2.05, 4.69) is 20.6 Å². The SMILES string of the molecule is C[C@H](NC(=O)c1nc(C(=O)N2C3CCC2CC3)c(-c2cnc(NC(C3CC3)C(F)(F)F)cc2C(F)F)s1)C(C)(C)O. The van der Waals surface area contributed by atoms with Gasteiger partial charge in [-0.25, -0.2) is 18.7 Å². The average Bonchev–Trinajstić information content (AvgIpc) is 3.31. The molecule has 1 unspecified atom stereocenters. The molecule has 41 heavy (non-hydrogen) atoms. The predicted molar refractivity (Wildman–Crippen MR) is 142 cm³/mol. The lowest BCUT2D eigenvalue weighted by atomic mass is 10.0. The van der Waals surface area contributed by atoms with Crippen LogP contribution >= 0.6 is 11.3 Å². The maximum Gasteiger partial charge on any atom is 0.408 e. The number of fused-ring (bicyclic) bond motifs is 2. The maximum absolute atomic E-state index is 14.4. The Morgan fingerprint density at radius 2 is 1.71 bits per heavy atom. The summed E-state index contributed by atoms with van der Waals surface area (Å²) < 4.78 is 69.4. The van der Waals surface area contributed by atoms with Crippen LogP contribution in [0.1, 0.15) is 91.6 Å². The quantitative estimate of drug-likeness (QED) is 0.326. The first-order valence-electron chi connectivity index (χ1n) is 13.6. The van der Waals surface area contributed by atoms with Crippen LogP contribution in [0.4, 0.5) is 27.8 Å². The van der Waals surface area contributed by atoms with Gasteiger partial charge in [0.2, 0.25) is 0 Å². The molecule has 2 atom stereocenters. The monoisotopic (exact) mass is 601 g/mol. The lowest BCUT2D eigenvalue weighted by Gasteiger charge is -2.26. The van der Waals surface area contributed by atoms with Crippen LogP contribution in [-0.4, -0.2) is 67.7 Å². The zero-order valence-electron chi connectivity index (χ0n) is 22.8. The third kappa shape index (κ3) is 6.04.